The summed E-state index contributed by atoms with van der Waals surface area (Å²) in [6, 6.07) is 0. The molecule has 0 bridgehead atoms. The van der Waals surface area contributed by atoms with E-state index in [9.17, 15) is 5.11 Å². The second-order valence-electron chi connectivity index (χ2n) is 5.17. The minimum absolute atomic E-state index is 0. The molecule has 2 saturated heterocycles. The molecule has 5 heteroatoms. The molecule has 0 radical (unpaired) electrons. The summed E-state index contributed by atoms with van der Waals surface area (Å²) in [6.45, 7) is 5.84. The van der Waals surface area contributed by atoms with Crippen molar-refractivity contribution in [3.05, 3.63) is 0 Å². The Labute approximate surface area is 123 Å². The first-order valence-electron chi connectivity index (χ1n) is 6.75. The van der Waals surface area contributed by atoms with Crippen LogP contribution in [0.2, 0.25) is 0 Å². The average Bonchev–Trinajstić information content (AvgIpc) is 2.81. The number of ether oxygens (including phenoxy) is 2. The van der Waals surface area contributed by atoms with Crippen molar-refractivity contribution in [3.63, 3.8) is 0 Å². The van der Waals surface area contributed by atoms with E-state index >= 15 is 0 Å². The number of aliphatic hydroxyl groups is 3. The molecule has 3 N–H and O–H groups in total. The Morgan fingerprint density at radius 2 is 1.30 bits per heavy atom. The Hall–Kier alpha value is -0.200. The van der Waals surface area contributed by atoms with Crippen molar-refractivity contribution in [1.82, 2.24) is 0 Å². The van der Waals surface area contributed by atoms with Crippen molar-refractivity contribution < 1.29 is 24.8 Å². The normalized spacial score (nSPS) is 39.3. The van der Waals surface area contributed by atoms with Crippen LogP contribution >= 0.6 is 0 Å². The second-order valence-corrected chi connectivity index (χ2v) is 5.17. The lowest BCUT2D eigenvalue weighted by molar-refractivity contribution is -0.0170. The summed E-state index contributed by atoms with van der Waals surface area (Å²) in [5, 5.41) is 26.9. The number of aliphatic hydroxyl groups excluding tert-OH is 3. The lowest BCUT2D eigenvalue weighted by Crippen LogP contribution is -2.24. The van der Waals surface area contributed by atoms with Crippen LogP contribution in [0.25, 0.3) is 0 Å². The Balaban J connectivity index is 0. The maximum atomic E-state index is 9.23. The van der Waals surface area contributed by atoms with Crippen molar-refractivity contribution >= 4 is 0 Å². The van der Waals surface area contributed by atoms with Gasteiger partial charge in [-0.25, -0.2) is 0 Å². The van der Waals surface area contributed by atoms with Crippen LogP contribution in [0.4, 0.5) is 0 Å². The summed E-state index contributed by atoms with van der Waals surface area (Å²) in [7, 11) is 0. The summed E-state index contributed by atoms with van der Waals surface area (Å²) >= 11 is 0. The molecular weight excluding hydrogens is 260 g/mol. The van der Waals surface area contributed by atoms with E-state index in [2.05, 4.69) is 0 Å². The van der Waals surface area contributed by atoms with Crippen LogP contribution in [0.5, 0.6) is 0 Å². The Morgan fingerprint density at radius 3 is 1.45 bits per heavy atom. The molecule has 0 aromatic rings. The zero-order chi connectivity index (χ0) is 13.7. The molecule has 0 saturated carbocycles. The molecule has 5 nitrogen and oxygen atoms in total. The molecule has 0 amide bonds. The highest BCUT2D eigenvalue weighted by Crippen LogP contribution is 2.21. The smallest absolute Gasteiger partial charge is 0.107 e. The van der Waals surface area contributed by atoms with Crippen LogP contribution in [0.1, 0.15) is 54.9 Å². The first-order chi connectivity index (χ1) is 8.47. The van der Waals surface area contributed by atoms with Crippen LogP contribution in [0.15, 0.2) is 0 Å². The lowest BCUT2D eigenvalue weighted by atomic mass is 10.1. The van der Waals surface area contributed by atoms with Gasteiger partial charge in [-0.2, -0.15) is 0 Å². The first-order valence-corrected chi connectivity index (χ1v) is 6.75. The van der Waals surface area contributed by atoms with Crippen molar-refractivity contribution in [3.8, 4) is 0 Å². The maximum absolute atomic E-state index is 9.23. The monoisotopic (exact) mass is 294 g/mol. The highest BCUT2D eigenvalue weighted by atomic mass is 16.5. The Bertz CT molecular complexity index is 212. The zero-order valence-corrected chi connectivity index (χ0v) is 11.5. The second kappa shape index (κ2) is 10.5. The molecule has 2 heterocycles. The summed E-state index contributed by atoms with van der Waals surface area (Å²) in [4.78, 5) is 0. The van der Waals surface area contributed by atoms with Crippen LogP contribution in [-0.4, -0.2) is 58.6 Å². The highest BCUT2D eigenvalue weighted by molar-refractivity contribution is 4.79. The van der Waals surface area contributed by atoms with Gasteiger partial charge in [0.15, 0.2) is 0 Å². The van der Waals surface area contributed by atoms with E-state index < -0.39 is 6.10 Å². The molecule has 0 spiro atoms. The van der Waals surface area contributed by atoms with Crippen molar-refractivity contribution in [2.24, 2.45) is 0 Å². The van der Waals surface area contributed by atoms with E-state index in [0.29, 0.717) is 6.42 Å². The number of hydrogen-bond acceptors (Lipinski definition) is 5. The van der Waals surface area contributed by atoms with E-state index in [4.69, 9.17) is 19.7 Å². The van der Waals surface area contributed by atoms with E-state index in [1.165, 1.54) is 0 Å². The van der Waals surface area contributed by atoms with Gasteiger partial charge >= 0.3 is 0 Å². The number of rotatable bonds is 2. The van der Waals surface area contributed by atoms with Crippen LogP contribution in [0, 0.1) is 0 Å². The van der Waals surface area contributed by atoms with Gasteiger partial charge < -0.3 is 24.8 Å². The lowest BCUT2D eigenvalue weighted by Gasteiger charge is -2.09. The van der Waals surface area contributed by atoms with Crippen molar-refractivity contribution in [1.29, 1.82) is 0 Å². The summed E-state index contributed by atoms with van der Waals surface area (Å²) < 4.78 is 10.5. The van der Waals surface area contributed by atoms with Gasteiger partial charge in [0.1, 0.15) is 6.10 Å². The summed E-state index contributed by atoms with van der Waals surface area (Å²) in [5.41, 5.74) is 0. The van der Waals surface area contributed by atoms with Gasteiger partial charge in [0, 0.05) is 12.8 Å². The molecule has 20 heavy (non-hydrogen) atoms. The van der Waals surface area contributed by atoms with Crippen LogP contribution < -0.4 is 0 Å². The van der Waals surface area contributed by atoms with E-state index in [1.807, 2.05) is 20.8 Å². The van der Waals surface area contributed by atoms with Crippen molar-refractivity contribution in [2.45, 2.75) is 91.5 Å². The molecule has 6 atom stereocenters. The van der Waals surface area contributed by atoms with Gasteiger partial charge in [0.25, 0.3) is 0 Å². The molecule has 0 aliphatic carbocycles. The zero-order valence-electron chi connectivity index (χ0n) is 11.5. The van der Waals surface area contributed by atoms with E-state index in [-0.39, 0.29) is 52.0 Å². The topological polar surface area (TPSA) is 79.2 Å². The Morgan fingerprint density at radius 1 is 0.900 bits per heavy atom. The average molecular weight is 294 g/mol. The van der Waals surface area contributed by atoms with Crippen LogP contribution in [-0.2, 0) is 9.47 Å². The predicted octanol–water partition coefficient (Wildman–Crippen LogP) is 1.72. The van der Waals surface area contributed by atoms with Gasteiger partial charge in [-0.1, -0.05) is 21.8 Å². The fraction of sp³-hybridized carbons (Fsp3) is 1.00. The fourth-order valence-electron chi connectivity index (χ4n) is 2.41. The van der Waals surface area contributed by atoms with Gasteiger partial charge in [-0.15, -0.1) is 0 Å². The molecule has 6 unspecified atom stereocenters. The maximum Gasteiger partial charge on any atom is 0.107 e. The van der Waals surface area contributed by atoms with E-state index in [1.54, 1.807) is 0 Å². The van der Waals surface area contributed by atoms with Crippen molar-refractivity contribution in [2.75, 3.05) is 6.61 Å². The summed E-state index contributed by atoms with van der Waals surface area (Å²) in [6.07, 6.45) is 1.78. The summed E-state index contributed by atoms with van der Waals surface area (Å²) in [5.74, 6) is 0. The van der Waals surface area contributed by atoms with Gasteiger partial charge in [-0.3, -0.25) is 0 Å². The third-order valence-electron chi connectivity index (χ3n) is 3.40. The minimum Gasteiger partial charge on any atom is -0.394 e. The quantitative estimate of drug-likeness (QED) is 0.723. The highest BCUT2D eigenvalue weighted by Gasteiger charge is 2.30. The SMILES string of the molecule is C.C.CC1CC(O)C(CO)O1.CCC1OC(C)CC1O. The number of hydrogen-bond donors (Lipinski definition) is 3. The fourth-order valence-corrected chi connectivity index (χ4v) is 2.41. The van der Waals surface area contributed by atoms with E-state index in [0.717, 1.165) is 12.8 Å². The van der Waals surface area contributed by atoms with Gasteiger partial charge in [0.05, 0.1) is 37.1 Å². The molecule has 2 aliphatic rings. The van der Waals surface area contributed by atoms with Gasteiger partial charge in [-0.05, 0) is 20.3 Å². The third-order valence-corrected chi connectivity index (χ3v) is 3.40. The van der Waals surface area contributed by atoms with Gasteiger partial charge in [0.2, 0.25) is 0 Å². The Kier molecular flexibility index (Phi) is 11.6. The molecule has 124 valence electrons. The van der Waals surface area contributed by atoms with Crippen LogP contribution in [0.3, 0.4) is 0 Å². The third kappa shape index (κ3) is 6.50. The predicted molar refractivity (Wildman–Crippen MR) is 80.8 cm³/mol. The molecule has 0 aromatic heterocycles. The minimum atomic E-state index is -0.468. The first kappa shape index (κ1) is 22.1. The molecule has 2 rings (SSSR count). The largest absolute Gasteiger partial charge is 0.394 e. The molecule has 2 fully saturated rings. The molecule has 0 aromatic carbocycles. The molecule has 2 aliphatic heterocycles. The standard InChI is InChI=1S/C7H14O2.C6H12O3.2CH4/c1-3-7-6(8)4-5(2)9-7;1-4-2-5(8)6(3-7)9-4;;/h5-8H,3-4H2,1-2H3;4-8H,2-3H2,1H3;2*1H4. The molecular formula is C15H34O5.